The molecule has 0 radical (unpaired) electrons. The molecule has 0 saturated heterocycles. The molecule has 0 aliphatic heterocycles. The lowest BCUT2D eigenvalue weighted by Gasteiger charge is -2.12. The quantitative estimate of drug-likeness (QED) is 0.872. The van der Waals surface area contributed by atoms with E-state index in [-0.39, 0.29) is 0 Å². The third kappa shape index (κ3) is 3.58. The van der Waals surface area contributed by atoms with Gasteiger partial charge in [-0.2, -0.15) is 0 Å². The Morgan fingerprint density at radius 2 is 1.67 bits per heavy atom. The van der Waals surface area contributed by atoms with Gasteiger partial charge in [0, 0.05) is 21.5 Å². The van der Waals surface area contributed by atoms with Crippen molar-refractivity contribution < 1.29 is 0 Å². The van der Waals surface area contributed by atoms with Gasteiger partial charge >= 0.3 is 0 Å². The Bertz CT molecular complexity index is 312. The second-order valence-corrected chi connectivity index (χ2v) is 5.97. The van der Waals surface area contributed by atoms with Gasteiger partial charge in [0.1, 0.15) is 0 Å². The summed E-state index contributed by atoms with van der Waals surface area (Å²) in [4.78, 5) is 0. The molecule has 0 spiro atoms. The molecule has 2 rings (SSSR count). The first-order valence-corrected chi connectivity index (χ1v) is 7.01. The van der Waals surface area contributed by atoms with Crippen LogP contribution in [0.5, 0.6) is 0 Å². The van der Waals surface area contributed by atoms with Crippen LogP contribution < -0.4 is 5.32 Å². The molecule has 15 heavy (non-hydrogen) atoms. The van der Waals surface area contributed by atoms with Gasteiger partial charge in [-0.3, -0.25) is 0 Å². The van der Waals surface area contributed by atoms with E-state index in [1.54, 1.807) is 0 Å². The maximum absolute atomic E-state index is 3.61. The molecule has 1 aliphatic carbocycles. The van der Waals surface area contributed by atoms with Crippen LogP contribution in [0.4, 0.5) is 0 Å². The van der Waals surface area contributed by atoms with E-state index >= 15 is 0 Å². The molecule has 1 aliphatic rings. The summed E-state index contributed by atoms with van der Waals surface area (Å²) in [6, 6.07) is 7.15. The maximum atomic E-state index is 3.61. The highest BCUT2D eigenvalue weighted by molar-refractivity contribution is 9.11. The molecule has 3 heteroatoms. The van der Waals surface area contributed by atoms with Gasteiger partial charge in [0.15, 0.2) is 0 Å². The first kappa shape index (κ1) is 11.6. The zero-order valence-corrected chi connectivity index (χ0v) is 11.8. The maximum Gasteiger partial charge on any atom is 0.0208 e. The van der Waals surface area contributed by atoms with Crippen LogP contribution in [0.25, 0.3) is 0 Å². The van der Waals surface area contributed by atoms with Crippen LogP contribution in [0, 0.1) is 0 Å². The van der Waals surface area contributed by atoms with Gasteiger partial charge < -0.3 is 5.32 Å². The van der Waals surface area contributed by atoms with E-state index in [4.69, 9.17) is 0 Å². The van der Waals surface area contributed by atoms with E-state index < -0.39 is 0 Å². The van der Waals surface area contributed by atoms with Crippen LogP contribution in [-0.2, 0) is 6.54 Å². The van der Waals surface area contributed by atoms with Crippen molar-refractivity contribution in [1.29, 1.82) is 0 Å². The van der Waals surface area contributed by atoms with Crippen LogP contribution in [0.1, 0.15) is 31.2 Å². The second-order valence-electron chi connectivity index (χ2n) is 4.14. The average molecular weight is 333 g/mol. The number of nitrogens with one attached hydrogen (secondary N) is 1. The van der Waals surface area contributed by atoms with E-state index in [0.717, 1.165) is 21.5 Å². The highest BCUT2D eigenvalue weighted by Crippen LogP contribution is 2.21. The summed E-state index contributed by atoms with van der Waals surface area (Å²) in [5.41, 5.74) is 1.34. The van der Waals surface area contributed by atoms with Gasteiger partial charge in [0.25, 0.3) is 0 Å². The van der Waals surface area contributed by atoms with Crippen LogP contribution >= 0.6 is 31.9 Å². The van der Waals surface area contributed by atoms with Crippen molar-refractivity contribution in [3.63, 3.8) is 0 Å². The molecule has 1 saturated carbocycles. The molecule has 0 bridgehead atoms. The van der Waals surface area contributed by atoms with Crippen molar-refractivity contribution in [1.82, 2.24) is 5.32 Å². The molecule has 1 N–H and O–H groups in total. The summed E-state index contributed by atoms with van der Waals surface area (Å²) < 4.78 is 2.28. The summed E-state index contributed by atoms with van der Waals surface area (Å²) in [5.74, 6) is 0. The number of hydrogen-bond acceptors (Lipinski definition) is 1. The zero-order chi connectivity index (χ0) is 10.7. The van der Waals surface area contributed by atoms with Gasteiger partial charge in [-0.05, 0) is 36.6 Å². The molecular formula is C12H15Br2N. The summed E-state index contributed by atoms with van der Waals surface area (Å²) in [6.45, 7) is 0.975. The Labute approximate surface area is 108 Å². The minimum Gasteiger partial charge on any atom is -0.310 e. The third-order valence-electron chi connectivity index (χ3n) is 2.87. The number of halogens is 2. The summed E-state index contributed by atoms with van der Waals surface area (Å²) in [7, 11) is 0. The van der Waals surface area contributed by atoms with Crippen LogP contribution in [-0.4, -0.2) is 6.04 Å². The number of benzene rings is 1. The Morgan fingerprint density at radius 1 is 1.07 bits per heavy atom. The molecule has 1 fully saturated rings. The summed E-state index contributed by atoms with van der Waals surface area (Å²) in [6.07, 6.45) is 5.46. The van der Waals surface area contributed by atoms with Gasteiger partial charge in [-0.1, -0.05) is 44.7 Å². The molecule has 0 aromatic heterocycles. The predicted molar refractivity (Wildman–Crippen MR) is 70.9 cm³/mol. The number of rotatable bonds is 3. The average Bonchev–Trinajstić information content (AvgIpc) is 2.65. The van der Waals surface area contributed by atoms with Crippen molar-refractivity contribution in [2.45, 2.75) is 38.3 Å². The standard InChI is InChI=1S/C12H15Br2N/c13-10-5-9(6-11(14)7-10)8-15-12-3-1-2-4-12/h5-7,12,15H,1-4,8H2. The molecule has 0 unspecified atom stereocenters. The Morgan fingerprint density at radius 3 is 2.27 bits per heavy atom. The van der Waals surface area contributed by atoms with Crippen molar-refractivity contribution >= 4 is 31.9 Å². The predicted octanol–water partition coefficient (Wildman–Crippen LogP) is 4.24. The molecule has 82 valence electrons. The van der Waals surface area contributed by atoms with Crippen molar-refractivity contribution in [2.75, 3.05) is 0 Å². The first-order chi connectivity index (χ1) is 7.24. The largest absolute Gasteiger partial charge is 0.310 e. The van der Waals surface area contributed by atoms with Crippen LogP contribution in [0.15, 0.2) is 27.1 Å². The molecule has 1 aromatic carbocycles. The molecule has 1 aromatic rings. The van der Waals surface area contributed by atoms with Crippen molar-refractivity contribution in [3.05, 3.63) is 32.7 Å². The Balaban J connectivity index is 1.92. The fourth-order valence-electron chi connectivity index (χ4n) is 2.11. The van der Waals surface area contributed by atoms with Crippen LogP contribution in [0.2, 0.25) is 0 Å². The normalized spacial score (nSPS) is 17.2. The molecule has 0 atom stereocenters. The molecule has 0 amide bonds. The third-order valence-corrected chi connectivity index (χ3v) is 3.79. The summed E-state index contributed by atoms with van der Waals surface area (Å²) in [5, 5.41) is 3.61. The van der Waals surface area contributed by atoms with Crippen LogP contribution in [0.3, 0.4) is 0 Å². The van der Waals surface area contributed by atoms with Gasteiger partial charge in [-0.25, -0.2) is 0 Å². The zero-order valence-electron chi connectivity index (χ0n) is 8.60. The van der Waals surface area contributed by atoms with Gasteiger partial charge in [0.05, 0.1) is 0 Å². The fourth-order valence-corrected chi connectivity index (χ4v) is 3.49. The van der Waals surface area contributed by atoms with E-state index in [9.17, 15) is 0 Å². The minimum absolute atomic E-state index is 0.739. The highest BCUT2D eigenvalue weighted by Gasteiger charge is 2.13. The highest BCUT2D eigenvalue weighted by atomic mass is 79.9. The Hall–Kier alpha value is 0.140. The molecular weight excluding hydrogens is 318 g/mol. The second kappa shape index (κ2) is 5.46. The van der Waals surface area contributed by atoms with Crippen molar-refractivity contribution in [2.24, 2.45) is 0 Å². The Kier molecular flexibility index (Phi) is 4.23. The SMILES string of the molecule is Brc1cc(Br)cc(CNC2CCCC2)c1. The molecule has 0 heterocycles. The first-order valence-electron chi connectivity index (χ1n) is 5.42. The number of hydrogen-bond donors (Lipinski definition) is 1. The van der Waals surface area contributed by atoms with Gasteiger partial charge in [-0.15, -0.1) is 0 Å². The topological polar surface area (TPSA) is 12.0 Å². The monoisotopic (exact) mass is 331 g/mol. The fraction of sp³-hybridized carbons (Fsp3) is 0.500. The van der Waals surface area contributed by atoms with Gasteiger partial charge in [0.2, 0.25) is 0 Å². The van der Waals surface area contributed by atoms with E-state index in [2.05, 4.69) is 55.4 Å². The lowest BCUT2D eigenvalue weighted by atomic mass is 10.2. The van der Waals surface area contributed by atoms with E-state index in [0.29, 0.717) is 0 Å². The lowest BCUT2D eigenvalue weighted by Crippen LogP contribution is -2.25. The summed E-state index contributed by atoms with van der Waals surface area (Å²) >= 11 is 7.02. The van der Waals surface area contributed by atoms with E-state index in [1.165, 1.54) is 31.2 Å². The lowest BCUT2D eigenvalue weighted by molar-refractivity contribution is 0.524. The van der Waals surface area contributed by atoms with E-state index in [1.807, 2.05) is 0 Å². The minimum atomic E-state index is 0.739. The van der Waals surface area contributed by atoms with Crippen molar-refractivity contribution in [3.8, 4) is 0 Å². The smallest absolute Gasteiger partial charge is 0.0208 e. The molecule has 1 nitrogen and oxygen atoms in total.